The lowest BCUT2D eigenvalue weighted by Crippen LogP contribution is -2.41. The summed E-state index contributed by atoms with van der Waals surface area (Å²) < 4.78 is 11.2. The van der Waals surface area contributed by atoms with Crippen LogP contribution in [0, 0.1) is 11.8 Å². The van der Waals surface area contributed by atoms with Crippen molar-refractivity contribution in [2.75, 3.05) is 0 Å². The van der Waals surface area contributed by atoms with E-state index in [1.54, 1.807) is 0 Å². The predicted molar refractivity (Wildman–Crippen MR) is 62.6 cm³/mol. The molecule has 0 amide bonds. The van der Waals surface area contributed by atoms with Crippen molar-refractivity contribution in [2.24, 2.45) is 11.8 Å². The van der Waals surface area contributed by atoms with Gasteiger partial charge < -0.3 is 25.1 Å². The Morgan fingerprint density at radius 1 is 1.00 bits per heavy atom. The molecule has 1 aliphatic carbocycles. The molecule has 110 valence electrons. The van der Waals surface area contributed by atoms with Crippen LogP contribution in [0.15, 0.2) is 0 Å². The van der Waals surface area contributed by atoms with Crippen molar-refractivity contribution in [3.8, 4) is 0 Å². The summed E-state index contributed by atoms with van der Waals surface area (Å²) in [6, 6.07) is 0. The number of hydrogen-bond donors (Lipinski definition) is 5. The van der Waals surface area contributed by atoms with Gasteiger partial charge in [-0.05, 0) is 31.6 Å². The zero-order chi connectivity index (χ0) is 14.8. The van der Waals surface area contributed by atoms with E-state index in [9.17, 15) is 19.3 Å². The average molecular weight is 296 g/mol. The molecule has 1 saturated carbocycles. The van der Waals surface area contributed by atoms with Gasteiger partial charge in [0.2, 0.25) is 0 Å². The van der Waals surface area contributed by atoms with Crippen molar-refractivity contribution in [1.82, 2.24) is 0 Å². The van der Waals surface area contributed by atoms with Gasteiger partial charge in [0.15, 0.2) is 5.66 Å². The molecule has 19 heavy (non-hydrogen) atoms. The number of carbonyl (C=O) groups is 2. The zero-order valence-corrected chi connectivity index (χ0v) is 10.9. The Kier molecular flexibility index (Phi) is 5.09. The van der Waals surface area contributed by atoms with E-state index < -0.39 is 43.1 Å². The van der Waals surface area contributed by atoms with Crippen LogP contribution in [-0.4, -0.2) is 48.8 Å². The van der Waals surface area contributed by atoms with E-state index in [0.29, 0.717) is 12.8 Å². The summed E-state index contributed by atoms with van der Waals surface area (Å²) in [5.41, 5.74) is -2.25. The topological polar surface area (TPSA) is 152 Å². The number of aliphatic carboxylic acids is 2. The molecule has 0 heterocycles. The molecule has 0 saturated heterocycles. The normalized spacial score (nSPS) is 27.5. The lowest BCUT2D eigenvalue weighted by molar-refractivity contribution is -0.151. The lowest BCUT2D eigenvalue weighted by atomic mass is 9.77. The molecule has 0 bridgehead atoms. The van der Waals surface area contributed by atoms with Crippen LogP contribution in [0.1, 0.15) is 25.7 Å². The number of aliphatic hydroxyl groups excluding tert-OH is 1. The Bertz CT molecular complexity index is 394. The second-order valence-electron chi connectivity index (χ2n) is 4.80. The molecule has 0 aromatic heterocycles. The first kappa shape index (κ1) is 16.1. The van der Waals surface area contributed by atoms with Gasteiger partial charge in [0.25, 0.3) is 0 Å². The maximum Gasteiger partial charge on any atom is 0.340 e. The largest absolute Gasteiger partial charge is 0.481 e. The molecule has 0 aliphatic heterocycles. The summed E-state index contributed by atoms with van der Waals surface area (Å²) in [6.45, 7) is 0. The van der Waals surface area contributed by atoms with Crippen molar-refractivity contribution in [2.45, 2.75) is 37.4 Å². The third kappa shape index (κ3) is 4.01. The molecule has 0 radical (unpaired) electrons. The SMILES string of the molecule is O=C(O)C(C1CCC(O)CC1)C(C(=O)O)P(=O)(O)O. The van der Waals surface area contributed by atoms with Gasteiger partial charge in [-0.15, -0.1) is 0 Å². The van der Waals surface area contributed by atoms with Crippen molar-refractivity contribution in [1.29, 1.82) is 0 Å². The number of carboxylic acids is 2. The standard InChI is InChI=1S/C10H17O8P/c11-6-3-1-5(2-4-6)7(9(12)13)8(10(14)15)19(16,17)18/h5-8,11H,1-4H2,(H,12,13)(H,14,15)(H2,16,17,18). The summed E-state index contributed by atoms with van der Waals surface area (Å²) in [5.74, 6) is -5.65. The van der Waals surface area contributed by atoms with Crippen LogP contribution in [0.2, 0.25) is 0 Å². The first-order valence-electron chi connectivity index (χ1n) is 5.83. The van der Waals surface area contributed by atoms with Gasteiger partial charge in [-0.25, -0.2) is 0 Å². The zero-order valence-electron chi connectivity index (χ0n) is 10.0. The fourth-order valence-corrected chi connectivity index (χ4v) is 3.64. The molecule has 9 heteroatoms. The van der Waals surface area contributed by atoms with Crippen molar-refractivity contribution >= 4 is 19.5 Å². The highest BCUT2D eigenvalue weighted by Crippen LogP contribution is 2.49. The van der Waals surface area contributed by atoms with E-state index in [0.717, 1.165) is 0 Å². The van der Waals surface area contributed by atoms with E-state index in [1.165, 1.54) is 0 Å². The maximum absolute atomic E-state index is 11.2. The smallest absolute Gasteiger partial charge is 0.340 e. The van der Waals surface area contributed by atoms with Crippen LogP contribution in [0.25, 0.3) is 0 Å². The Labute approximate surface area is 109 Å². The first-order valence-corrected chi connectivity index (χ1v) is 7.51. The summed E-state index contributed by atoms with van der Waals surface area (Å²) in [7, 11) is -5.07. The highest BCUT2D eigenvalue weighted by Gasteiger charge is 2.49. The molecular formula is C10H17O8P. The minimum atomic E-state index is -5.07. The Hall–Kier alpha value is -0.950. The van der Waals surface area contributed by atoms with E-state index in [1.807, 2.05) is 0 Å². The average Bonchev–Trinajstić information content (AvgIpc) is 2.24. The molecule has 2 unspecified atom stereocenters. The number of rotatable bonds is 5. The molecule has 2 atom stereocenters. The van der Waals surface area contributed by atoms with Gasteiger partial charge in [-0.1, -0.05) is 0 Å². The third-order valence-corrected chi connectivity index (χ3v) is 4.76. The fourth-order valence-electron chi connectivity index (χ4n) is 2.56. The minimum Gasteiger partial charge on any atom is -0.481 e. The highest BCUT2D eigenvalue weighted by molar-refractivity contribution is 7.53. The maximum atomic E-state index is 11.2. The molecule has 5 N–H and O–H groups in total. The van der Waals surface area contributed by atoms with Crippen LogP contribution in [0.3, 0.4) is 0 Å². The fraction of sp³-hybridized carbons (Fsp3) is 0.800. The van der Waals surface area contributed by atoms with Crippen LogP contribution >= 0.6 is 7.60 Å². The van der Waals surface area contributed by atoms with Gasteiger partial charge in [-0.3, -0.25) is 14.2 Å². The third-order valence-electron chi connectivity index (χ3n) is 3.49. The second-order valence-corrected chi connectivity index (χ2v) is 6.54. The van der Waals surface area contributed by atoms with Gasteiger partial charge in [0.05, 0.1) is 12.0 Å². The van der Waals surface area contributed by atoms with Crippen LogP contribution in [0.4, 0.5) is 0 Å². The molecular weight excluding hydrogens is 279 g/mol. The van der Waals surface area contributed by atoms with Gasteiger partial charge in [0.1, 0.15) is 0 Å². The van der Waals surface area contributed by atoms with E-state index >= 15 is 0 Å². The molecule has 0 aromatic rings. The molecule has 8 nitrogen and oxygen atoms in total. The van der Waals surface area contributed by atoms with Crippen molar-refractivity contribution in [3.05, 3.63) is 0 Å². The Morgan fingerprint density at radius 2 is 1.47 bits per heavy atom. The number of aliphatic hydroxyl groups is 1. The highest BCUT2D eigenvalue weighted by atomic mass is 31.2. The molecule has 1 aliphatic rings. The second kappa shape index (κ2) is 6.00. The van der Waals surface area contributed by atoms with Gasteiger partial charge in [0, 0.05) is 0 Å². The van der Waals surface area contributed by atoms with Crippen LogP contribution < -0.4 is 0 Å². The van der Waals surface area contributed by atoms with Crippen LogP contribution in [-0.2, 0) is 14.2 Å². The molecule has 1 rings (SSSR count). The molecule has 0 spiro atoms. The molecule has 1 fully saturated rings. The van der Waals surface area contributed by atoms with Crippen LogP contribution in [0.5, 0.6) is 0 Å². The minimum absolute atomic E-state index is 0.238. The summed E-state index contributed by atoms with van der Waals surface area (Å²) >= 11 is 0. The Morgan fingerprint density at radius 3 is 1.79 bits per heavy atom. The van der Waals surface area contributed by atoms with E-state index in [2.05, 4.69) is 0 Å². The lowest BCUT2D eigenvalue weighted by Gasteiger charge is -2.32. The monoisotopic (exact) mass is 296 g/mol. The van der Waals surface area contributed by atoms with Gasteiger partial charge in [-0.2, -0.15) is 0 Å². The first-order chi connectivity index (χ1) is 8.64. The van der Waals surface area contributed by atoms with E-state index in [4.69, 9.17) is 20.0 Å². The predicted octanol–water partition coefficient (Wildman–Crippen LogP) is -0.131. The van der Waals surface area contributed by atoms with E-state index in [-0.39, 0.29) is 12.8 Å². The molecule has 0 aromatic carbocycles. The summed E-state index contributed by atoms with van der Waals surface area (Å²) in [5, 5.41) is 27.3. The van der Waals surface area contributed by atoms with Gasteiger partial charge >= 0.3 is 19.5 Å². The summed E-state index contributed by atoms with van der Waals surface area (Å²) in [4.78, 5) is 40.3. The number of hydrogen-bond acceptors (Lipinski definition) is 4. The van der Waals surface area contributed by atoms with Crippen molar-refractivity contribution in [3.63, 3.8) is 0 Å². The summed E-state index contributed by atoms with van der Waals surface area (Å²) in [6.07, 6.45) is 0.525. The van der Waals surface area contributed by atoms with Crippen molar-refractivity contribution < 1.29 is 39.3 Å². The number of carboxylic acid groups (broad SMARTS) is 2. The quantitative estimate of drug-likeness (QED) is 0.440. The Balaban J connectivity index is 3.02.